The summed E-state index contributed by atoms with van der Waals surface area (Å²) in [6.07, 6.45) is 0. The van der Waals surface area contributed by atoms with Gasteiger partial charge in [0.2, 0.25) is 5.91 Å². The second-order valence-electron chi connectivity index (χ2n) is 6.70. The average Bonchev–Trinajstić information content (AvgIpc) is 3.08. The van der Waals surface area contributed by atoms with Crippen LogP contribution < -0.4 is 10.5 Å². The lowest BCUT2D eigenvalue weighted by atomic mass is 10.1. The van der Waals surface area contributed by atoms with Crippen LogP contribution in [0.15, 0.2) is 60.7 Å². The van der Waals surface area contributed by atoms with Gasteiger partial charge in [-0.2, -0.15) is 5.26 Å². The van der Waals surface area contributed by atoms with Gasteiger partial charge in [-0.1, -0.05) is 30.3 Å². The summed E-state index contributed by atoms with van der Waals surface area (Å²) in [6, 6.07) is 19.8. The second-order valence-corrected chi connectivity index (χ2v) is 6.70. The molecule has 0 saturated carbocycles. The topological polar surface area (TPSA) is 118 Å². The Labute approximate surface area is 171 Å². The van der Waals surface area contributed by atoms with Crippen molar-refractivity contribution in [3.8, 4) is 11.8 Å². The molecule has 0 radical (unpaired) electrons. The van der Waals surface area contributed by atoms with Gasteiger partial charge in [-0.25, -0.2) is 4.79 Å². The van der Waals surface area contributed by atoms with Crippen LogP contribution in [0, 0.1) is 11.3 Å². The second kappa shape index (κ2) is 7.70. The van der Waals surface area contributed by atoms with E-state index < -0.39 is 18.5 Å². The molecule has 3 N–H and O–H groups in total. The van der Waals surface area contributed by atoms with Crippen molar-refractivity contribution in [1.29, 1.82) is 5.26 Å². The smallest absolute Gasteiger partial charge is 0.337 e. The number of nitrogens with zero attached hydrogens (tertiary/aromatic N) is 2. The minimum absolute atomic E-state index is 0.220. The van der Waals surface area contributed by atoms with Crippen molar-refractivity contribution < 1.29 is 19.4 Å². The van der Waals surface area contributed by atoms with Crippen LogP contribution in [0.4, 0.5) is 0 Å². The molecule has 0 aliphatic heterocycles. The van der Waals surface area contributed by atoms with Crippen LogP contribution in [0.3, 0.4) is 0 Å². The molecule has 1 aromatic heterocycles. The average molecular weight is 399 g/mol. The number of rotatable bonds is 5. The number of nitriles is 1. The summed E-state index contributed by atoms with van der Waals surface area (Å²) in [5.74, 6) is -1.20. The molecule has 3 aromatic carbocycles. The maximum Gasteiger partial charge on any atom is 0.337 e. The van der Waals surface area contributed by atoms with Crippen LogP contribution in [0.2, 0.25) is 0 Å². The van der Waals surface area contributed by atoms with Gasteiger partial charge in [-0.05, 0) is 35.9 Å². The van der Waals surface area contributed by atoms with Gasteiger partial charge in [0.1, 0.15) is 12.4 Å². The molecular weight excluding hydrogens is 382 g/mol. The molecule has 148 valence electrons. The third-order valence-corrected chi connectivity index (χ3v) is 4.96. The number of aliphatic hydroxyl groups is 1. The highest BCUT2D eigenvalue weighted by Gasteiger charge is 2.21. The number of primary amides is 1. The molecule has 1 heterocycles. The van der Waals surface area contributed by atoms with Gasteiger partial charge >= 0.3 is 5.97 Å². The van der Waals surface area contributed by atoms with E-state index in [1.807, 2.05) is 28.8 Å². The summed E-state index contributed by atoms with van der Waals surface area (Å²) in [4.78, 5) is 23.9. The molecule has 0 fully saturated rings. The molecule has 4 aromatic rings. The number of benzene rings is 3. The molecule has 0 atom stereocenters. The number of esters is 1. The third kappa shape index (κ3) is 3.15. The monoisotopic (exact) mass is 399 g/mol. The standard InChI is InChI=1S/C23H17N3O4/c24-11-14-5-1-2-6-15(14)12-26-17-8-3-7-16(23(25)29)21(17)22-18(26)9-4-10-19(22)30-20(28)13-27/h1-10,27H,12-13H2,(H2,25,29). The number of aromatic nitrogens is 1. The first-order valence-electron chi connectivity index (χ1n) is 9.18. The van der Waals surface area contributed by atoms with E-state index in [4.69, 9.17) is 15.6 Å². The Kier molecular flexibility index (Phi) is 4.92. The molecule has 7 nitrogen and oxygen atoms in total. The number of aliphatic hydroxyl groups excluding tert-OH is 1. The Morgan fingerprint density at radius 1 is 1.00 bits per heavy atom. The van der Waals surface area contributed by atoms with Gasteiger partial charge in [-0.15, -0.1) is 0 Å². The fraction of sp³-hybridized carbons (Fsp3) is 0.0870. The van der Waals surface area contributed by atoms with Crippen molar-refractivity contribution in [2.45, 2.75) is 6.54 Å². The van der Waals surface area contributed by atoms with E-state index in [1.54, 1.807) is 36.4 Å². The van der Waals surface area contributed by atoms with Crippen molar-refractivity contribution in [2.24, 2.45) is 5.73 Å². The first kappa shape index (κ1) is 19.2. The van der Waals surface area contributed by atoms with E-state index in [-0.39, 0.29) is 11.3 Å². The summed E-state index contributed by atoms with van der Waals surface area (Å²) >= 11 is 0. The Morgan fingerprint density at radius 2 is 1.70 bits per heavy atom. The van der Waals surface area contributed by atoms with E-state index in [0.717, 1.165) is 5.56 Å². The molecule has 0 bridgehead atoms. The van der Waals surface area contributed by atoms with Gasteiger partial charge < -0.3 is 20.1 Å². The normalized spacial score (nSPS) is 10.8. The number of hydrogen-bond donors (Lipinski definition) is 2. The highest BCUT2D eigenvalue weighted by Crippen LogP contribution is 2.38. The van der Waals surface area contributed by atoms with E-state index in [2.05, 4.69) is 6.07 Å². The molecule has 0 aliphatic rings. The van der Waals surface area contributed by atoms with Crippen LogP contribution in [0.1, 0.15) is 21.5 Å². The van der Waals surface area contributed by atoms with Crippen molar-refractivity contribution in [3.05, 3.63) is 77.4 Å². The van der Waals surface area contributed by atoms with Crippen LogP contribution in [-0.4, -0.2) is 28.2 Å². The minimum atomic E-state index is -0.810. The van der Waals surface area contributed by atoms with Gasteiger partial charge in [-0.3, -0.25) is 4.79 Å². The lowest BCUT2D eigenvalue weighted by Gasteiger charge is -2.10. The highest BCUT2D eigenvalue weighted by molar-refractivity contribution is 6.20. The number of amides is 1. The molecule has 0 spiro atoms. The Morgan fingerprint density at radius 3 is 2.40 bits per heavy atom. The van der Waals surface area contributed by atoms with Gasteiger partial charge in [0.25, 0.3) is 0 Å². The number of fused-ring (bicyclic) bond motifs is 3. The maximum atomic E-state index is 12.1. The lowest BCUT2D eigenvalue weighted by Crippen LogP contribution is -2.13. The molecular formula is C23H17N3O4. The van der Waals surface area contributed by atoms with E-state index in [9.17, 15) is 14.9 Å². The number of ether oxygens (including phenoxy) is 1. The van der Waals surface area contributed by atoms with Crippen molar-refractivity contribution in [2.75, 3.05) is 6.61 Å². The van der Waals surface area contributed by atoms with Crippen LogP contribution in [0.25, 0.3) is 21.8 Å². The predicted octanol–water partition coefficient (Wildman–Crippen LogP) is 2.71. The first-order valence-corrected chi connectivity index (χ1v) is 9.18. The van der Waals surface area contributed by atoms with Gasteiger partial charge in [0.05, 0.1) is 28.1 Å². The highest BCUT2D eigenvalue weighted by atomic mass is 16.5. The fourth-order valence-electron chi connectivity index (χ4n) is 3.71. The zero-order chi connectivity index (χ0) is 21.3. The van der Waals surface area contributed by atoms with E-state index in [1.165, 1.54) is 0 Å². The number of carbonyl (C=O) groups excluding carboxylic acids is 2. The Balaban J connectivity index is 2.06. The van der Waals surface area contributed by atoms with E-state index in [0.29, 0.717) is 33.9 Å². The summed E-state index contributed by atoms with van der Waals surface area (Å²) in [6.45, 7) is -0.406. The quantitative estimate of drug-likeness (QED) is 0.395. The number of nitrogens with two attached hydrogens (primary N) is 1. The fourth-order valence-corrected chi connectivity index (χ4v) is 3.71. The molecule has 0 saturated heterocycles. The van der Waals surface area contributed by atoms with Gasteiger partial charge in [0, 0.05) is 17.5 Å². The summed E-state index contributed by atoms with van der Waals surface area (Å²) in [7, 11) is 0. The van der Waals surface area contributed by atoms with Crippen LogP contribution >= 0.6 is 0 Å². The molecule has 1 amide bonds. The number of carbonyl (C=O) groups is 2. The number of hydrogen-bond acceptors (Lipinski definition) is 5. The minimum Gasteiger partial charge on any atom is -0.424 e. The Hall–Kier alpha value is -4.15. The zero-order valence-corrected chi connectivity index (χ0v) is 15.8. The SMILES string of the molecule is N#Cc1ccccc1Cn1c2cccc(OC(=O)CO)c2c2c(C(N)=O)cccc21. The van der Waals surface area contributed by atoms with Gasteiger partial charge in [0.15, 0.2) is 0 Å². The molecule has 7 heteroatoms. The molecule has 0 aliphatic carbocycles. The zero-order valence-electron chi connectivity index (χ0n) is 15.8. The molecule has 4 rings (SSSR count). The van der Waals surface area contributed by atoms with Crippen LogP contribution in [0.5, 0.6) is 5.75 Å². The summed E-state index contributed by atoms with van der Waals surface area (Å²) in [5.41, 5.74) is 8.67. The predicted molar refractivity (Wildman–Crippen MR) is 111 cm³/mol. The molecule has 0 unspecified atom stereocenters. The third-order valence-electron chi connectivity index (χ3n) is 4.96. The maximum absolute atomic E-state index is 12.1. The van der Waals surface area contributed by atoms with Crippen molar-refractivity contribution in [1.82, 2.24) is 4.57 Å². The van der Waals surface area contributed by atoms with Crippen molar-refractivity contribution >= 4 is 33.7 Å². The first-order chi connectivity index (χ1) is 14.5. The molecule has 30 heavy (non-hydrogen) atoms. The van der Waals surface area contributed by atoms with Crippen molar-refractivity contribution in [3.63, 3.8) is 0 Å². The largest absolute Gasteiger partial charge is 0.424 e. The lowest BCUT2D eigenvalue weighted by molar-refractivity contribution is -0.137. The van der Waals surface area contributed by atoms with Crippen LogP contribution in [-0.2, 0) is 11.3 Å². The Bertz CT molecular complexity index is 1350. The summed E-state index contributed by atoms with van der Waals surface area (Å²) < 4.78 is 7.27. The summed E-state index contributed by atoms with van der Waals surface area (Å²) in [5, 5.41) is 19.6. The van der Waals surface area contributed by atoms with E-state index >= 15 is 0 Å².